The summed E-state index contributed by atoms with van der Waals surface area (Å²) in [6.07, 6.45) is 0. The van der Waals surface area contributed by atoms with Crippen molar-refractivity contribution in [2.75, 3.05) is 4.23 Å². The van der Waals surface area contributed by atoms with Crippen LogP contribution in [0.4, 0.5) is 14.5 Å². The topological polar surface area (TPSA) is 3.24 Å². The molecule has 0 aromatic heterocycles. The van der Waals surface area contributed by atoms with Crippen LogP contribution in [0.3, 0.4) is 0 Å². The number of rotatable bonds is 1. The fourth-order valence-electron chi connectivity index (χ4n) is 2.92. The zero-order valence-electron chi connectivity index (χ0n) is 11.8. The molecule has 1 aliphatic heterocycles. The first-order valence-corrected chi connectivity index (χ1v) is 12.2. The van der Waals surface area contributed by atoms with Crippen LogP contribution in [-0.2, 0) is 0 Å². The molecule has 1 aromatic carbocycles. The summed E-state index contributed by atoms with van der Waals surface area (Å²) in [5.74, 6) is -1.10. The summed E-state index contributed by atoms with van der Waals surface area (Å²) in [4.78, 5) is 0. The molecule has 2 rings (SSSR count). The van der Waals surface area contributed by atoms with Gasteiger partial charge in [-0.3, -0.25) is 0 Å². The van der Waals surface area contributed by atoms with E-state index in [1.54, 1.807) is 0 Å². The first kappa shape index (κ1) is 16.0. The standard InChI is InChI=1S/C12H18F2NSi2.Li/c1-16(2)5-6-17(3,4)15(16)12-8-10(13)7-11(14)9-12;/h7-8H,5-6H2,1-4H3;/q-1;+1. The van der Waals surface area contributed by atoms with E-state index in [0.717, 1.165) is 6.07 Å². The van der Waals surface area contributed by atoms with Crippen LogP contribution < -0.4 is 23.1 Å². The van der Waals surface area contributed by atoms with E-state index in [9.17, 15) is 8.78 Å². The van der Waals surface area contributed by atoms with Gasteiger partial charge in [0.15, 0.2) is 0 Å². The number of hydrogen-bond donors (Lipinski definition) is 0. The number of benzene rings is 1. The molecule has 0 unspecified atom stereocenters. The van der Waals surface area contributed by atoms with E-state index < -0.39 is 28.1 Å². The van der Waals surface area contributed by atoms with Gasteiger partial charge >= 0.3 is 18.9 Å². The minimum Gasteiger partial charge on any atom is -0.445 e. The normalized spacial score (nSPS) is 20.7. The largest absolute Gasteiger partial charge is 1.00 e. The van der Waals surface area contributed by atoms with Crippen LogP contribution >= 0.6 is 0 Å². The van der Waals surface area contributed by atoms with Crippen LogP contribution in [0, 0.1) is 17.7 Å². The number of hydrogen-bond acceptors (Lipinski definition) is 1. The van der Waals surface area contributed by atoms with E-state index in [1.807, 2.05) is 0 Å². The van der Waals surface area contributed by atoms with E-state index in [0.29, 0.717) is 5.69 Å². The molecule has 1 aromatic rings. The summed E-state index contributed by atoms with van der Waals surface area (Å²) in [7, 11) is -3.12. The Morgan fingerprint density at radius 1 is 1.06 bits per heavy atom. The van der Waals surface area contributed by atoms with Crippen molar-refractivity contribution in [1.29, 1.82) is 0 Å². The Kier molecular flexibility index (Phi) is 4.54. The summed E-state index contributed by atoms with van der Waals surface area (Å²) in [6, 6.07) is 7.42. The van der Waals surface area contributed by atoms with E-state index in [4.69, 9.17) is 0 Å². The molecule has 0 amide bonds. The minimum absolute atomic E-state index is 0. The number of anilines is 1. The second kappa shape index (κ2) is 5.12. The van der Waals surface area contributed by atoms with Gasteiger partial charge in [-0.25, -0.2) is 8.78 Å². The molecule has 1 aliphatic rings. The van der Waals surface area contributed by atoms with Gasteiger partial charge in [0.25, 0.3) is 0 Å². The third kappa shape index (κ3) is 2.90. The maximum atomic E-state index is 13.3. The second-order valence-corrected chi connectivity index (χ2v) is 15.6. The Hall–Kier alpha value is -0.0888. The summed E-state index contributed by atoms with van der Waals surface area (Å²) in [6.45, 7) is 9.08. The molecule has 0 spiro atoms. The number of halogens is 2. The van der Waals surface area contributed by atoms with Crippen molar-refractivity contribution in [1.82, 2.24) is 0 Å². The summed E-state index contributed by atoms with van der Waals surface area (Å²) in [5, 5.41) is 0. The fourth-order valence-corrected chi connectivity index (χ4v) is 17.0. The number of nitrogens with zero attached hydrogens (tertiary/aromatic N) is 1. The monoisotopic (exact) mass is 277 g/mol. The average molecular weight is 277 g/mol. The van der Waals surface area contributed by atoms with E-state index >= 15 is 0 Å². The van der Waals surface area contributed by atoms with Crippen LogP contribution in [0.1, 0.15) is 0 Å². The van der Waals surface area contributed by atoms with Crippen molar-refractivity contribution in [2.24, 2.45) is 0 Å². The minimum atomic E-state index is -1.56. The zero-order valence-corrected chi connectivity index (χ0v) is 13.8. The Labute approximate surface area is 122 Å². The van der Waals surface area contributed by atoms with Crippen molar-refractivity contribution >= 4 is 22.2 Å². The molecule has 0 aliphatic carbocycles. The van der Waals surface area contributed by atoms with Gasteiger partial charge in [-0.1, -0.05) is 31.9 Å². The Bertz CT molecular complexity index is 415. The first-order valence-electron chi connectivity index (χ1n) is 5.91. The summed E-state index contributed by atoms with van der Waals surface area (Å²) >= 11 is 0. The Morgan fingerprint density at radius 3 is 2.00 bits per heavy atom. The maximum absolute atomic E-state index is 13.3. The molecular formula is C12H18F2LiNSi2. The molecule has 1 heterocycles. The predicted molar refractivity (Wildman–Crippen MR) is 72.3 cm³/mol. The van der Waals surface area contributed by atoms with Crippen LogP contribution in [0.25, 0.3) is 0 Å². The molecule has 94 valence electrons. The molecule has 1 nitrogen and oxygen atoms in total. The molecule has 1 fully saturated rings. The van der Waals surface area contributed by atoms with Crippen molar-refractivity contribution in [3.05, 3.63) is 29.8 Å². The van der Waals surface area contributed by atoms with E-state index in [1.165, 1.54) is 18.2 Å². The smallest absolute Gasteiger partial charge is 0.445 e. The van der Waals surface area contributed by atoms with Crippen LogP contribution in [0.5, 0.6) is 0 Å². The Balaban J connectivity index is 0.00000162. The average Bonchev–Trinajstić information content (AvgIpc) is 2.33. The zero-order chi connectivity index (χ0) is 12.8. The van der Waals surface area contributed by atoms with Crippen LogP contribution in [0.2, 0.25) is 38.3 Å². The molecule has 0 radical (unpaired) electrons. The molecule has 0 bridgehead atoms. The van der Waals surface area contributed by atoms with Crippen LogP contribution in [0.15, 0.2) is 12.1 Å². The van der Waals surface area contributed by atoms with Crippen molar-refractivity contribution in [3.63, 3.8) is 0 Å². The summed E-state index contributed by atoms with van der Waals surface area (Å²) in [5.41, 5.74) is 0.633. The Morgan fingerprint density at radius 2 is 1.56 bits per heavy atom. The van der Waals surface area contributed by atoms with E-state index in [2.05, 4.69) is 36.5 Å². The van der Waals surface area contributed by atoms with Gasteiger partial charge in [-0.2, -0.15) is 0 Å². The van der Waals surface area contributed by atoms with Gasteiger partial charge in [0.05, 0.1) is 0 Å². The van der Waals surface area contributed by atoms with Gasteiger partial charge in [-0.15, -0.1) is 18.2 Å². The SMILES string of the molecule is C[Si]1(C)CC[Si](C)(C)N1c1[c-]c(F)cc(F)c1.[Li+]. The van der Waals surface area contributed by atoms with Crippen molar-refractivity contribution in [2.45, 2.75) is 38.3 Å². The molecule has 0 saturated carbocycles. The van der Waals surface area contributed by atoms with Crippen molar-refractivity contribution in [3.8, 4) is 0 Å². The third-order valence-electron chi connectivity index (χ3n) is 3.59. The van der Waals surface area contributed by atoms with Crippen molar-refractivity contribution < 1.29 is 27.6 Å². The quantitative estimate of drug-likeness (QED) is 0.547. The molecule has 1 saturated heterocycles. The fraction of sp³-hybridized carbons (Fsp3) is 0.500. The van der Waals surface area contributed by atoms with Gasteiger partial charge in [-0.05, 0) is 12.1 Å². The molecule has 18 heavy (non-hydrogen) atoms. The molecule has 6 heteroatoms. The van der Waals surface area contributed by atoms with Gasteiger partial charge in [0, 0.05) is 11.6 Å². The predicted octanol–water partition coefficient (Wildman–Crippen LogP) is 0.999. The molecule has 0 atom stereocenters. The molecule has 0 N–H and O–H groups in total. The second-order valence-electron chi connectivity index (χ2n) is 5.99. The third-order valence-corrected chi connectivity index (χ3v) is 13.6. The molecular weight excluding hydrogens is 259 g/mol. The van der Waals surface area contributed by atoms with Gasteiger partial charge < -0.3 is 4.23 Å². The van der Waals surface area contributed by atoms with Gasteiger partial charge in [0.2, 0.25) is 0 Å². The first-order chi connectivity index (χ1) is 7.72. The van der Waals surface area contributed by atoms with Crippen LogP contribution in [-0.4, -0.2) is 16.5 Å². The van der Waals surface area contributed by atoms with Gasteiger partial charge in [0.1, 0.15) is 16.5 Å². The van der Waals surface area contributed by atoms with E-state index in [-0.39, 0.29) is 18.9 Å². The summed E-state index contributed by atoms with van der Waals surface area (Å²) < 4.78 is 29.0. The maximum Gasteiger partial charge on any atom is 1.00 e.